The second kappa shape index (κ2) is 6.68. The Morgan fingerprint density at radius 3 is 2.48 bits per heavy atom. The van der Waals surface area contributed by atoms with Gasteiger partial charge in [0.25, 0.3) is 0 Å². The van der Waals surface area contributed by atoms with Crippen molar-refractivity contribution >= 4 is 38.7 Å². The molecule has 0 amide bonds. The first-order valence-electron chi connectivity index (χ1n) is 7.54. The number of carbonyl (C=O) groups excluding carboxylic acids is 2. The molecule has 0 atom stereocenters. The van der Waals surface area contributed by atoms with Gasteiger partial charge in [0.2, 0.25) is 5.62 Å². The van der Waals surface area contributed by atoms with Crippen LogP contribution in [0.4, 0.5) is 0 Å². The van der Waals surface area contributed by atoms with Gasteiger partial charge in [-0.3, -0.25) is 10.2 Å². The number of rotatable bonds is 4. The molecule has 0 radical (unpaired) electrons. The van der Waals surface area contributed by atoms with Gasteiger partial charge in [-0.2, -0.15) is 0 Å². The van der Waals surface area contributed by atoms with E-state index in [-0.39, 0.29) is 17.9 Å². The number of hydrogen-bond acceptors (Lipinski definition) is 4. The van der Waals surface area contributed by atoms with E-state index < -0.39 is 5.97 Å². The summed E-state index contributed by atoms with van der Waals surface area (Å²) in [6.45, 7) is 0.0163. The highest BCUT2D eigenvalue weighted by molar-refractivity contribution is 9.10. The molecule has 0 bridgehead atoms. The first-order chi connectivity index (χ1) is 11.9. The third-order valence-corrected chi connectivity index (χ3v) is 4.62. The summed E-state index contributed by atoms with van der Waals surface area (Å²) in [5.74, 6) is -0.584. The summed E-state index contributed by atoms with van der Waals surface area (Å²) >= 11 is 3.34. The van der Waals surface area contributed by atoms with Gasteiger partial charge in [-0.05, 0) is 24.3 Å². The van der Waals surface area contributed by atoms with Crippen LogP contribution in [-0.4, -0.2) is 28.0 Å². The normalized spacial score (nSPS) is 10.8. The highest BCUT2D eigenvalue weighted by Crippen LogP contribution is 2.19. The molecule has 0 saturated heterocycles. The van der Waals surface area contributed by atoms with E-state index in [4.69, 9.17) is 10.1 Å². The predicted molar refractivity (Wildman–Crippen MR) is 96.6 cm³/mol. The zero-order valence-corrected chi connectivity index (χ0v) is 15.3. The quantitative estimate of drug-likeness (QED) is 0.539. The number of benzene rings is 2. The molecule has 0 spiro atoms. The van der Waals surface area contributed by atoms with Crippen molar-refractivity contribution in [3.05, 3.63) is 63.7 Å². The molecule has 0 saturated carbocycles. The van der Waals surface area contributed by atoms with Crippen LogP contribution in [-0.2, 0) is 18.3 Å². The lowest BCUT2D eigenvalue weighted by Gasteiger charge is -2.05. The number of ketones is 1. The molecule has 1 N–H and O–H groups in total. The molecule has 1 heterocycles. The fraction of sp³-hybridized carbons (Fsp3) is 0.167. The number of ether oxygens (including phenoxy) is 1. The maximum Gasteiger partial charge on any atom is 0.340 e. The molecule has 0 fully saturated rings. The van der Waals surface area contributed by atoms with Gasteiger partial charge in [0.15, 0.2) is 5.78 Å². The first kappa shape index (κ1) is 17.2. The third-order valence-electron chi connectivity index (χ3n) is 4.09. The predicted octanol–water partition coefficient (Wildman–Crippen LogP) is 2.89. The number of methoxy groups -OCH3 is 1. The molecule has 6 nitrogen and oxygen atoms in total. The number of fused-ring (bicyclic) bond motifs is 1. The SMILES string of the molecule is COC(=O)c1cccc2c1n(C)c(=N)n2CC(=O)c1ccc(Br)cc1. The molecule has 0 aliphatic heterocycles. The summed E-state index contributed by atoms with van der Waals surface area (Å²) in [6.07, 6.45) is 0. The lowest BCUT2D eigenvalue weighted by molar-refractivity contribution is 0.0602. The van der Waals surface area contributed by atoms with E-state index in [1.165, 1.54) is 7.11 Å². The number of halogens is 1. The minimum atomic E-state index is -0.474. The number of Topliss-reactive ketones (excluding diaryl/α,β-unsaturated/α-hetero) is 1. The number of para-hydroxylation sites is 1. The van der Waals surface area contributed by atoms with Crippen LogP contribution in [0.25, 0.3) is 11.0 Å². The van der Waals surface area contributed by atoms with Crippen LogP contribution in [0, 0.1) is 5.41 Å². The van der Waals surface area contributed by atoms with Crippen molar-refractivity contribution in [2.75, 3.05) is 7.11 Å². The molecule has 0 aliphatic carbocycles. The average molecular weight is 402 g/mol. The fourth-order valence-electron chi connectivity index (χ4n) is 2.81. The van der Waals surface area contributed by atoms with Crippen molar-refractivity contribution in [1.29, 1.82) is 5.41 Å². The number of aryl methyl sites for hydroxylation is 1. The smallest absolute Gasteiger partial charge is 0.340 e. The van der Waals surface area contributed by atoms with E-state index in [0.29, 0.717) is 22.2 Å². The van der Waals surface area contributed by atoms with Crippen LogP contribution in [0.15, 0.2) is 46.9 Å². The number of carbonyl (C=O) groups is 2. The van der Waals surface area contributed by atoms with Crippen LogP contribution in [0.1, 0.15) is 20.7 Å². The maximum atomic E-state index is 12.6. The fourth-order valence-corrected chi connectivity index (χ4v) is 3.07. The minimum absolute atomic E-state index is 0.0163. The molecule has 1 aromatic heterocycles. The standard InChI is InChI=1S/C18H16BrN3O3/c1-21-16-13(17(24)25-2)4-3-5-14(16)22(18(21)20)10-15(23)11-6-8-12(19)9-7-11/h3-9,20H,10H2,1-2H3. The van der Waals surface area contributed by atoms with Crippen molar-refractivity contribution in [3.63, 3.8) is 0 Å². The Morgan fingerprint density at radius 1 is 1.16 bits per heavy atom. The zero-order chi connectivity index (χ0) is 18.1. The summed E-state index contributed by atoms with van der Waals surface area (Å²) < 4.78 is 8.88. The summed E-state index contributed by atoms with van der Waals surface area (Å²) in [5, 5.41) is 8.32. The lowest BCUT2D eigenvalue weighted by Crippen LogP contribution is -2.26. The molecule has 3 rings (SSSR count). The Bertz CT molecular complexity index is 1030. The Balaban J connectivity index is 2.10. The molecule has 25 heavy (non-hydrogen) atoms. The Hall–Kier alpha value is -2.67. The number of aromatic nitrogens is 2. The Labute approximate surface area is 152 Å². The van der Waals surface area contributed by atoms with Crippen LogP contribution in [0.2, 0.25) is 0 Å². The second-order valence-electron chi connectivity index (χ2n) is 5.56. The van der Waals surface area contributed by atoms with Gasteiger partial charge >= 0.3 is 5.97 Å². The lowest BCUT2D eigenvalue weighted by atomic mass is 10.1. The molecule has 0 aliphatic rings. The largest absolute Gasteiger partial charge is 0.465 e. The van der Waals surface area contributed by atoms with Gasteiger partial charge in [-0.1, -0.05) is 34.1 Å². The van der Waals surface area contributed by atoms with Crippen LogP contribution < -0.4 is 5.62 Å². The highest BCUT2D eigenvalue weighted by atomic mass is 79.9. The Kier molecular flexibility index (Phi) is 4.59. The van der Waals surface area contributed by atoms with Crippen LogP contribution in [0.5, 0.6) is 0 Å². The van der Waals surface area contributed by atoms with Crippen molar-refractivity contribution in [2.24, 2.45) is 7.05 Å². The summed E-state index contributed by atoms with van der Waals surface area (Å²) in [4.78, 5) is 24.6. The van der Waals surface area contributed by atoms with Crippen molar-refractivity contribution in [2.45, 2.75) is 6.54 Å². The second-order valence-corrected chi connectivity index (χ2v) is 6.48. The number of nitrogens with one attached hydrogen (secondary N) is 1. The molecule has 7 heteroatoms. The van der Waals surface area contributed by atoms with Gasteiger partial charge in [-0.15, -0.1) is 0 Å². The summed E-state index contributed by atoms with van der Waals surface area (Å²) in [6, 6.07) is 12.2. The maximum absolute atomic E-state index is 12.6. The zero-order valence-electron chi connectivity index (χ0n) is 13.7. The molecule has 3 aromatic rings. The van der Waals surface area contributed by atoms with E-state index in [1.54, 1.807) is 58.6 Å². The van der Waals surface area contributed by atoms with Gasteiger partial charge in [0.05, 0.1) is 30.3 Å². The molecular formula is C18H16BrN3O3. The minimum Gasteiger partial charge on any atom is -0.465 e. The average Bonchev–Trinajstić information content (AvgIpc) is 2.86. The monoisotopic (exact) mass is 401 g/mol. The van der Waals surface area contributed by atoms with E-state index in [9.17, 15) is 9.59 Å². The van der Waals surface area contributed by atoms with Crippen molar-refractivity contribution in [1.82, 2.24) is 9.13 Å². The van der Waals surface area contributed by atoms with Crippen LogP contribution >= 0.6 is 15.9 Å². The Morgan fingerprint density at radius 2 is 1.84 bits per heavy atom. The van der Waals surface area contributed by atoms with Gasteiger partial charge in [-0.25, -0.2) is 4.79 Å². The van der Waals surface area contributed by atoms with Crippen LogP contribution in [0.3, 0.4) is 0 Å². The topological polar surface area (TPSA) is 77.1 Å². The van der Waals surface area contributed by atoms with Gasteiger partial charge < -0.3 is 13.9 Å². The third kappa shape index (κ3) is 3.02. The first-order valence-corrected chi connectivity index (χ1v) is 8.33. The summed E-state index contributed by atoms with van der Waals surface area (Å²) in [5.41, 5.74) is 2.28. The number of nitrogens with zero attached hydrogens (tertiary/aromatic N) is 2. The van der Waals surface area contributed by atoms with Crippen molar-refractivity contribution in [3.8, 4) is 0 Å². The summed E-state index contributed by atoms with van der Waals surface area (Å²) in [7, 11) is 3.01. The molecule has 0 unspecified atom stereocenters. The number of esters is 1. The molecule has 128 valence electrons. The van der Waals surface area contributed by atoms with E-state index in [2.05, 4.69) is 15.9 Å². The van der Waals surface area contributed by atoms with E-state index in [1.807, 2.05) is 0 Å². The van der Waals surface area contributed by atoms with E-state index in [0.717, 1.165) is 4.47 Å². The molecule has 2 aromatic carbocycles. The molecular weight excluding hydrogens is 386 g/mol. The van der Waals surface area contributed by atoms with Gasteiger partial charge in [0.1, 0.15) is 0 Å². The highest BCUT2D eigenvalue weighted by Gasteiger charge is 2.18. The van der Waals surface area contributed by atoms with E-state index >= 15 is 0 Å². The number of hydrogen-bond donors (Lipinski definition) is 1. The number of imidazole rings is 1. The van der Waals surface area contributed by atoms with Gasteiger partial charge in [0, 0.05) is 17.1 Å². The van der Waals surface area contributed by atoms with Crippen molar-refractivity contribution < 1.29 is 14.3 Å².